The van der Waals surface area contributed by atoms with E-state index in [1.54, 1.807) is 12.1 Å². The van der Waals surface area contributed by atoms with E-state index >= 15 is 0 Å². The van der Waals surface area contributed by atoms with Crippen molar-refractivity contribution in [2.45, 2.75) is 37.6 Å². The van der Waals surface area contributed by atoms with E-state index in [1.165, 1.54) is 12.1 Å². The van der Waals surface area contributed by atoms with Crippen molar-refractivity contribution in [3.8, 4) is 0 Å². The molecule has 0 bridgehead atoms. The van der Waals surface area contributed by atoms with E-state index < -0.39 is 0 Å². The molecule has 0 spiro atoms. The van der Waals surface area contributed by atoms with Crippen LogP contribution in [0, 0.1) is 5.82 Å². The van der Waals surface area contributed by atoms with Crippen molar-refractivity contribution in [2.24, 2.45) is 0 Å². The molecule has 5 nitrogen and oxygen atoms in total. The zero-order valence-corrected chi connectivity index (χ0v) is 14.7. The number of ether oxygens (including phenoxy) is 1. The molecule has 2 heterocycles. The van der Waals surface area contributed by atoms with Crippen LogP contribution in [0.1, 0.15) is 37.0 Å². The Hall–Kier alpha value is -1.50. The van der Waals surface area contributed by atoms with Gasteiger partial charge in [0.15, 0.2) is 5.82 Å². The summed E-state index contributed by atoms with van der Waals surface area (Å²) in [6.07, 6.45) is 2.21. The molecule has 24 heavy (non-hydrogen) atoms. The van der Waals surface area contributed by atoms with Crippen molar-refractivity contribution in [1.29, 1.82) is 0 Å². The third-order valence-corrected chi connectivity index (χ3v) is 4.60. The Labute approximate surface area is 147 Å². The Morgan fingerprint density at radius 2 is 1.92 bits per heavy atom. The highest BCUT2D eigenvalue weighted by molar-refractivity contribution is 5.85. The Morgan fingerprint density at radius 1 is 1.25 bits per heavy atom. The fourth-order valence-corrected chi connectivity index (χ4v) is 3.02. The summed E-state index contributed by atoms with van der Waals surface area (Å²) in [5.74, 6) is 1.05. The Balaban J connectivity index is 0.00000208. The average Bonchev–Trinajstić information content (AvgIpc) is 3.05. The molecule has 1 atom stereocenters. The third kappa shape index (κ3) is 3.77. The summed E-state index contributed by atoms with van der Waals surface area (Å²) >= 11 is 0. The summed E-state index contributed by atoms with van der Waals surface area (Å²) in [6, 6.07) is 6.85. The monoisotopic (exact) mass is 355 g/mol. The summed E-state index contributed by atoms with van der Waals surface area (Å²) in [5.41, 5.74) is 0.610. The van der Waals surface area contributed by atoms with E-state index in [0.717, 1.165) is 18.4 Å². The topological polar surface area (TPSA) is 60.2 Å². The lowest BCUT2D eigenvalue weighted by molar-refractivity contribution is 0.0523. The Bertz CT molecular complexity index is 642. The predicted octanol–water partition coefficient (Wildman–Crippen LogP) is 2.88. The van der Waals surface area contributed by atoms with Gasteiger partial charge in [-0.2, -0.15) is 4.98 Å². The van der Waals surface area contributed by atoms with Gasteiger partial charge in [0.25, 0.3) is 0 Å². The zero-order chi connectivity index (χ0) is 16.3. The number of nitrogens with one attached hydrogen (secondary N) is 1. The number of halogens is 2. The predicted molar refractivity (Wildman–Crippen MR) is 91.0 cm³/mol. The molecule has 1 unspecified atom stereocenters. The lowest BCUT2D eigenvalue weighted by atomic mass is 9.74. The van der Waals surface area contributed by atoms with Crippen molar-refractivity contribution in [1.82, 2.24) is 15.5 Å². The van der Waals surface area contributed by atoms with Gasteiger partial charge in [-0.1, -0.05) is 17.3 Å². The number of hydrogen-bond donors (Lipinski definition) is 1. The van der Waals surface area contributed by atoms with Gasteiger partial charge in [0, 0.05) is 25.7 Å². The van der Waals surface area contributed by atoms with Crippen LogP contribution in [0.15, 0.2) is 28.8 Å². The van der Waals surface area contributed by atoms with Crippen LogP contribution in [0.4, 0.5) is 4.39 Å². The van der Waals surface area contributed by atoms with Gasteiger partial charge in [-0.15, -0.1) is 12.4 Å². The van der Waals surface area contributed by atoms with Crippen LogP contribution >= 0.6 is 12.4 Å². The van der Waals surface area contributed by atoms with Gasteiger partial charge in [-0.3, -0.25) is 0 Å². The minimum Gasteiger partial charge on any atom is -0.381 e. The second-order valence-corrected chi connectivity index (χ2v) is 6.11. The highest BCUT2D eigenvalue weighted by Gasteiger charge is 2.41. The summed E-state index contributed by atoms with van der Waals surface area (Å²) < 4.78 is 24.4. The number of benzene rings is 1. The van der Waals surface area contributed by atoms with E-state index in [-0.39, 0.29) is 29.7 Å². The number of nitrogens with zero attached hydrogens (tertiary/aromatic N) is 2. The van der Waals surface area contributed by atoms with Crippen LogP contribution in [0.25, 0.3) is 0 Å². The molecule has 1 N–H and O–H groups in total. The maximum Gasteiger partial charge on any atom is 0.237 e. The fourth-order valence-electron chi connectivity index (χ4n) is 3.02. The van der Waals surface area contributed by atoms with Gasteiger partial charge in [-0.25, -0.2) is 4.39 Å². The molecule has 0 saturated carbocycles. The first-order valence-electron chi connectivity index (χ1n) is 7.98. The smallest absolute Gasteiger partial charge is 0.237 e. The molecule has 1 aromatic carbocycles. The average molecular weight is 356 g/mol. The van der Waals surface area contributed by atoms with Gasteiger partial charge in [0.1, 0.15) is 5.82 Å². The molecular weight excluding hydrogens is 333 g/mol. The molecular formula is C17H23ClFN3O2. The molecule has 0 radical (unpaired) electrons. The lowest BCUT2D eigenvalue weighted by Gasteiger charge is -2.34. The quantitative estimate of drug-likeness (QED) is 0.893. The SMILES string of the molecule is CNC(C)Cc1noc(C2(c3ccc(F)cc3)CCOCC2)n1.Cl. The molecule has 1 fully saturated rings. The van der Waals surface area contributed by atoms with Crippen LogP contribution in [0.5, 0.6) is 0 Å². The molecule has 0 aliphatic carbocycles. The minimum absolute atomic E-state index is 0. The van der Waals surface area contributed by atoms with Gasteiger partial charge in [-0.05, 0) is 44.5 Å². The number of rotatable bonds is 5. The summed E-state index contributed by atoms with van der Waals surface area (Å²) in [7, 11) is 1.91. The van der Waals surface area contributed by atoms with E-state index in [2.05, 4.69) is 22.4 Å². The molecule has 1 aliphatic rings. The van der Waals surface area contributed by atoms with Gasteiger partial charge >= 0.3 is 0 Å². The molecule has 3 rings (SSSR count). The maximum absolute atomic E-state index is 13.3. The van der Waals surface area contributed by atoms with Gasteiger partial charge < -0.3 is 14.6 Å². The van der Waals surface area contributed by atoms with Crippen LogP contribution in [0.3, 0.4) is 0 Å². The zero-order valence-electron chi connectivity index (χ0n) is 13.9. The largest absolute Gasteiger partial charge is 0.381 e. The highest BCUT2D eigenvalue weighted by atomic mass is 35.5. The first kappa shape index (κ1) is 18.8. The molecule has 2 aromatic rings. The molecule has 7 heteroatoms. The molecule has 132 valence electrons. The van der Waals surface area contributed by atoms with E-state index in [9.17, 15) is 4.39 Å². The summed E-state index contributed by atoms with van der Waals surface area (Å²) in [5, 5.41) is 7.29. The summed E-state index contributed by atoms with van der Waals surface area (Å²) in [4.78, 5) is 4.63. The normalized spacial score (nSPS) is 18.0. The third-order valence-electron chi connectivity index (χ3n) is 4.60. The Morgan fingerprint density at radius 3 is 2.54 bits per heavy atom. The van der Waals surface area contributed by atoms with E-state index in [4.69, 9.17) is 9.26 Å². The van der Waals surface area contributed by atoms with Crippen LogP contribution in [-0.2, 0) is 16.6 Å². The second-order valence-electron chi connectivity index (χ2n) is 6.11. The fraction of sp³-hybridized carbons (Fsp3) is 0.529. The lowest BCUT2D eigenvalue weighted by Crippen LogP contribution is -2.35. The molecule has 1 aromatic heterocycles. The van der Waals surface area contributed by atoms with E-state index in [0.29, 0.717) is 31.3 Å². The first-order chi connectivity index (χ1) is 11.1. The van der Waals surface area contributed by atoms with Gasteiger partial charge in [0.05, 0.1) is 5.41 Å². The number of likely N-dealkylation sites (N-methyl/N-ethyl adjacent to an activating group) is 1. The van der Waals surface area contributed by atoms with Crippen LogP contribution in [0.2, 0.25) is 0 Å². The minimum atomic E-state index is -0.389. The van der Waals surface area contributed by atoms with Crippen molar-refractivity contribution in [2.75, 3.05) is 20.3 Å². The second kappa shape index (κ2) is 8.05. The van der Waals surface area contributed by atoms with Gasteiger partial charge in [0.2, 0.25) is 5.89 Å². The molecule has 1 aliphatic heterocycles. The summed E-state index contributed by atoms with van der Waals surface area (Å²) in [6.45, 7) is 3.32. The number of aromatic nitrogens is 2. The van der Waals surface area contributed by atoms with Crippen molar-refractivity contribution in [3.05, 3.63) is 47.4 Å². The van der Waals surface area contributed by atoms with Crippen LogP contribution < -0.4 is 5.32 Å². The standard InChI is InChI=1S/C17H22FN3O2.ClH/c1-12(19-2)11-15-20-16(23-21-15)17(7-9-22-10-8-17)13-3-5-14(18)6-4-13;/h3-6,12,19H,7-11H2,1-2H3;1H. The molecule has 1 saturated heterocycles. The maximum atomic E-state index is 13.3. The van der Waals surface area contributed by atoms with Crippen molar-refractivity contribution >= 4 is 12.4 Å². The van der Waals surface area contributed by atoms with Crippen molar-refractivity contribution < 1.29 is 13.7 Å². The van der Waals surface area contributed by atoms with Crippen LogP contribution in [-0.4, -0.2) is 36.4 Å². The van der Waals surface area contributed by atoms with Crippen molar-refractivity contribution in [3.63, 3.8) is 0 Å². The Kier molecular flexibility index (Phi) is 6.32. The highest BCUT2D eigenvalue weighted by Crippen LogP contribution is 2.40. The van der Waals surface area contributed by atoms with E-state index in [1.807, 2.05) is 7.05 Å². The number of hydrogen-bond acceptors (Lipinski definition) is 5. The first-order valence-corrected chi connectivity index (χ1v) is 7.98. The molecule has 0 amide bonds.